The van der Waals surface area contributed by atoms with Crippen molar-refractivity contribution in [1.82, 2.24) is 16.0 Å². The number of unbranched alkanes of at least 4 members (excludes halogenated alkanes) is 24. The Morgan fingerprint density at radius 1 is 0.488 bits per heavy atom. The molecule has 5 unspecified atom stereocenters. The van der Waals surface area contributed by atoms with E-state index in [1.54, 1.807) is 7.05 Å². The van der Waals surface area contributed by atoms with Gasteiger partial charge in [-0.05, 0) is 126 Å². The standard InChI is InChI=1S/C70H127N3O11/c1-8-11-14-35-44-60(74)46-37-29-23-17-20-26-32-41-50-64(76)81-55-63(56-82-65(77)51-42-33-27-21-18-24-30-38-47-61(75)45-36-15-12-9-2)83-66(78)52-43-34-28-22-19-25-31-40-49-62(48-39-16-13-10-3)84-68(80)73-59-53-69(4,5)57-70(6,54-59)58-72-67(79)71-7/h29-31,37-38,40,59-63,74-75H,8-28,32-36,39,41-58H2,1-7H3,(H,73,80)(H2,71,72,79). The van der Waals surface area contributed by atoms with Gasteiger partial charge >= 0.3 is 30.0 Å². The number of allylic oxidation sites excluding steroid dienone is 3. The number of esters is 3. The third-order valence-corrected chi connectivity index (χ3v) is 16.2. The zero-order chi connectivity index (χ0) is 61.8. The average molecular weight is 1190 g/mol. The Balaban J connectivity index is 2.56. The first-order valence-electron chi connectivity index (χ1n) is 34.3. The fraction of sp³-hybridized carbons (Fsp3) is 0.843. The molecule has 0 spiro atoms. The molecular weight excluding hydrogens is 1060 g/mol. The molecule has 0 saturated heterocycles. The number of amides is 3. The number of ether oxygens (including phenoxy) is 4. The Kier molecular flexibility index (Phi) is 48.6. The zero-order valence-electron chi connectivity index (χ0n) is 54.7. The predicted molar refractivity (Wildman–Crippen MR) is 344 cm³/mol. The van der Waals surface area contributed by atoms with Crippen LogP contribution >= 0.6 is 0 Å². The van der Waals surface area contributed by atoms with Gasteiger partial charge < -0.3 is 45.1 Å². The van der Waals surface area contributed by atoms with Crippen molar-refractivity contribution >= 4 is 30.0 Å². The molecule has 0 radical (unpaired) electrons. The summed E-state index contributed by atoms with van der Waals surface area (Å²) in [5.41, 5.74) is -0.146. The summed E-state index contributed by atoms with van der Waals surface area (Å²) in [6, 6.07) is -0.241. The highest BCUT2D eigenvalue weighted by Crippen LogP contribution is 2.46. The third kappa shape index (κ3) is 47.3. The van der Waals surface area contributed by atoms with Crippen LogP contribution in [0, 0.1) is 10.8 Å². The summed E-state index contributed by atoms with van der Waals surface area (Å²) in [5.74, 6) is -1.10. The van der Waals surface area contributed by atoms with E-state index < -0.39 is 12.1 Å². The molecular formula is C70H127N3O11. The molecule has 5 N–H and O–H groups in total. The van der Waals surface area contributed by atoms with Gasteiger partial charge in [0.15, 0.2) is 6.10 Å². The van der Waals surface area contributed by atoms with Crippen LogP contribution < -0.4 is 16.0 Å². The number of nitrogens with one attached hydrogen (secondary N) is 3. The fourth-order valence-corrected chi connectivity index (χ4v) is 11.6. The van der Waals surface area contributed by atoms with E-state index in [2.05, 4.69) is 93.9 Å². The smallest absolute Gasteiger partial charge is 0.407 e. The normalized spacial score (nSPS) is 17.5. The minimum Gasteiger partial charge on any atom is -0.462 e. The molecule has 0 heterocycles. The Bertz CT molecular complexity index is 1690. The molecule has 1 aliphatic rings. The first kappa shape index (κ1) is 78.1. The maximum atomic E-state index is 13.3. The molecule has 0 aromatic carbocycles. The van der Waals surface area contributed by atoms with Crippen molar-refractivity contribution in [3.05, 3.63) is 36.5 Å². The van der Waals surface area contributed by atoms with Gasteiger partial charge in [0.1, 0.15) is 19.3 Å². The lowest BCUT2D eigenvalue weighted by atomic mass is 9.62. The van der Waals surface area contributed by atoms with Crippen LogP contribution in [0.25, 0.3) is 0 Å². The highest BCUT2D eigenvalue weighted by atomic mass is 16.6. The Hall–Kier alpha value is -3.91. The number of hydrogen-bond acceptors (Lipinski definition) is 11. The predicted octanol–water partition coefficient (Wildman–Crippen LogP) is 17.3. The van der Waals surface area contributed by atoms with Crippen molar-refractivity contribution in [2.75, 3.05) is 26.8 Å². The number of hydrogen-bond donors (Lipinski definition) is 5. The molecule has 14 heteroatoms. The summed E-state index contributed by atoms with van der Waals surface area (Å²) in [7, 11) is 1.61. The van der Waals surface area contributed by atoms with E-state index in [1.807, 2.05) is 0 Å². The van der Waals surface area contributed by atoms with Crippen molar-refractivity contribution in [3.8, 4) is 0 Å². The van der Waals surface area contributed by atoms with Crippen LogP contribution in [-0.2, 0) is 33.3 Å². The van der Waals surface area contributed by atoms with Crippen molar-refractivity contribution < 1.29 is 53.1 Å². The van der Waals surface area contributed by atoms with Gasteiger partial charge in [0.25, 0.3) is 0 Å². The topological polar surface area (TPSA) is 199 Å². The molecule has 3 amide bonds. The van der Waals surface area contributed by atoms with Crippen molar-refractivity contribution in [3.63, 3.8) is 0 Å². The lowest BCUT2D eigenvalue weighted by molar-refractivity contribution is -0.167. The Morgan fingerprint density at radius 3 is 1.37 bits per heavy atom. The molecule has 84 heavy (non-hydrogen) atoms. The van der Waals surface area contributed by atoms with Gasteiger partial charge in [-0.15, -0.1) is 0 Å². The van der Waals surface area contributed by atoms with Crippen molar-refractivity contribution in [2.45, 2.75) is 342 Å². The van der Waals surface area contributed by atoms with Crippen LogP contribution in [-0.4, -0.2) is 97.5 Å². The highest BCUT2D eigenvalue weighted by Gasteiger charge is 2.42. The molecule has 1 saturated carbocycles. The third-order valence-electron chi connectivity index (χ3n) is 16.2. The number of rotatable bonds is 54. The maximum absolute atomic E-state index is 13.3. The number of carbonyl (C=O) groups is 5. The van der Waals surface area contributed by atoms with Gasteiger partial charge in [0.2, 0.25) is 0 Å². The van der Waals surface area contributed by atoms with Crippen LogP contribution in [0.3, 0.4) is 0 Å². The quantitative estimate of drug-likeness (QED) is 0.0168. The van der Waals surface area contributed by atoms with Crippen LogP contribution in [0.2, 0.25) is 0 Å². The largest absolute Gasteiger partial charge is 0.462 e. The first-order chi connectivity index (χ1) is 40.5. The highest BCUT2D eigenvalue weighted by molar-refractivity contribution is 5.73. The van der Waals surface area contributed by atoms with E-state index in [0.29, 0.717) is 32.2 Å². The molecule has 1 aliphatic carbocycles. The molecule has 5 atom stereocenters. The van der Waals surface area contributed by atoms with E-state index in [4.69, 9.17) is 18.9 Å². The molecule has 0 aromatic rings. The van der Waals surface area contributed by atoms with E-state index in [-0.39, 0.29) is 91.7 Å². The Morgan fingerprint density at radius 2 is 0.905 bits per heavy atom. The number of aliphatic hydroxyl groups is 2. The van der Waals surface area contributed by atoms with Gasteiger partial charge in [-0.1, -0.05) is 206 Å². The summed E-state index contributed by atoms with van der Waals surface area (Å²) in [6.45, 7) is 13.4. The SMILES string of the molecule is CCCCCCC(O)CC=CCCCCCCCC(=O)OCC(COC(=O)CCCCCCCC=CCC(O)CCCCCC)OC(=O)CCCCCCCC=CCC(CCCCCC)OC(=O)NC1CC(C)(C)CC(C)(CNC(=O)NC)C1. The van der Waals surface area contributed by atoms with E-state index >= 15 is 0 Å². The number of carbonyl (C=O) groups excluding carboxylic acids is 5. The molecule has 0 aliphatic heterocycles. The second-order valence-electron chi connectivity index (χ2n) is 25.7. The van der Waals surface area contributed by atoms with E-state index in [0.717, 1.165) is 186 Å². The fourth-order valence-electron chi connectivity index (χ4n) is 11.6. The van der Waals surface area contributed by atoms with Crippen LogP contribution in [0.15, 0.2) is 36.5 Å². The second kappa shape index (κ2) is 52.2. The number of alkyl carbamates (subject to hydrolysis) is 1. The summed E-state index contributed by atoms with van der Waals surface area (Å²) in [5, 5.41) is 29.1. The van der Waals surface area contributed by atoms with Gasteiger partial charge in [0, 0.05) is 45.3 Å². The van der Waals surface area contributed by atoms with Gasteiger partial charge in [-0.3, -0.25) is 14.4 Å². The summed E-state index contributed by atoms with van der Waals surface area (Å²) in [4.78, 5) is 63.9. The minimum atomic E-state index is -0.871. The maximum Gasteiger partial charge on any atom is 0.407 e. The summed E-state index contributed by atoms with van der Waals surface area (Å²) < 4.78 is 23.0. The van der Waals surface area contributed by atoms with Crippen molar-refractivity contribution in [2.24, 2.45) is 10.8 Å². The van der Waals surface area contributed by atoms with Crippen molar-refractivity contribution in [1.29, 1.82) is 0 Å². The number of aliphatic hydroxyl groups excluding tert-OH is 2. The van der Waals surface area contributed by atoms with E-state index in [1.165, 1.54) is 38.5 Å². The monoisotopic (exact) mass is 1190 g/mol. The second-order valence-corrected chi connectivity index (χ2v) is 25.7. The average Bonchev–Trinajstić information content (AvgIpc) is 2.81. The van der Waals surface area contributed by atoms with Crippen LogP contribution in [0.4, 0.5) is 9.59 Å². The summed E-state index contributed by atoms with van der Waals surface area (Å²) >= 11 is 0. The molecule has 0 aromatic heterocycles. The molecule has 488 valence electrons. The van der Waals surface area contributed by atoms with E-state index in [9.17, 15) is 34.2 Å². The zero-order valence-corrected chi connectivity index (χ0v) is 54.7. The van der Waals surface area contributed by atoms with Crippen LogP contribution in [0.1, 0.15) is 311 Å². The van der Waals surface area contributed by atoms with Gasteiger partial charge in [-0.25, -0.2) is 9.59 Å². The first-order valence-corrected chi connectivity index (χ1v) is 34.3. The van der Waals surface area contributed by atoms with Gasteiger partial charge in [0.05, 0.1) is 12.2 Å². The Labute approximate surface area is 512 Å². The van der Waals surface area contributed by atoms with Gasteiger partial charge in [-0.2, -0.15) is 0 Å². The molecule has 1 rings (SSSR count). The number of urea groups is 1. The molecule has 14 nitrogen and oxygen atoms in total. The molecule has 0 bridgehead atoms. The summed E-state index contributed by atoms with van der Waals surface area (Å²) in [6.07, 6.45) is 49.9. The lowest BCUT2D eigenvalue weighted by Gasteiger charge is -2.46. The molecule has 1 fully saturated rings. The lowest BCUT2D eigenvalue weighted by Crippen LogP contribution is -2.51. The minimum absolute atomic E-state index is 0.00518. The van der Waals surface area contributed by atoms with Crippen LogP contribution in [0.5, 0.6) is 0 Å².